The number of rotatable bonds is 8. The zero-order valence-electron chi connectivity index (χ0n) is 21.9. The first-order valence-corrected chi connectivity index (χ1v) is 13.4. The predicted octanol–water partition coefficient (Wildman–Crippen LogP) is 4.61. The molecule has 4 rings (SSSR count). The maximum absolute atomic E-state index is 14.1. The summed E-state index contributed by atoms with van der Waals surface area (Å²) in [6.07, 6.45) is -2.58. The molecule has 212 valence electrons. The Kier molecular flexibility index (Phi) is 8.66. The van der Waals surface area contributed by atoms with Crippen LogP contribution < -0.4 is 15.0 Å². The van der Waals surface area contributed by atoms with Gasteiger partial charge in [0.25, 0.3) is 17.4 Å². The van der Waals surface area contributed by atoms with Crippen LogP contribution >= 0.6 is 11.6 Å². The third kappa shape index (κ3) is 5.96. The van der Waals surface area contributed by atoms with E-state index in [2.05, 4.69) is 10.2 Å². The molecule has 0 bridgehead atoms. The Morgan fingerprint density at radius 3 is 2.38 bits per heavy atom. The summed E-state index contributed by atoms with van der Waals surface area (Å²) >= 11 is 6.29. The molecule has 0 radical (unpaired) electrons. The first-order valence-electron chi connectivity index (χ1n) is 13.1. The minimum atomic E-state index is -5.19. The summed E-state index contributed by atoms with van der Waals surface area (Å²) in [5.74, 6) is -0.978. The number of piperidine rings is 1. The Bertz CT molecular complexity index is 1200. The molecule has 1 atom stereocenters. The number of likely N-dealkylation sites (tertiary alicyclic amines) is 1. The normalized spacial score (nSPS) is 18.3. The van der Waals surface area contributed by atoms with Crippen LogP contribution in [0.4, 0.5) is 18.9 Å². The Balaban J connectivity index is 1.32. The summed E-state index contributed by atoms with van der Waals surface area (Å²) in [6, 6.07) is 10.3. The largest absolute Gasteiger partial charge is 0.494 e. The molecule has 39 heavy (non-hydrogen) atoms. The van der Waals surface area contributed by atoms with Crippen molar-refractivity contribution in [2.45, 2.75) is 38.0 Å². The SMILES string of the molecule is CCOc1cccc(C(O)(C(=O)N2CC(CC3CCN(c4ccc(C(=O)NC)c(Cl)c4)CC3)C2)C(F)(F)F)c1. The summed E-state index contributed by atoms with van der Waals surface area (Å²) in [5, 5.41) is 13.7. The minimum Gasteiger partial charge on any atom is -0.494 e. The number of carbonyl (C=O) groups is 2. The van der Waals surface area contributed by atoms with Crippen LogP contribution in [0.3, 0.4) is 0 Å². The van der Waals surface area contributed by atoms with E-state index >= 15 is 0 Å². The van der Waals surface area contributed by atoms with E-state index in [1.165, 1.54) is 12.1 Å². The van der Waals surface area contributed by atoms with Gasteiger partial charge in [-0.25, -0.2) is 0 Å². The highest BCUT2D eigenvalue weighted by Gasteiger charge is 2.63. The Morgan fingerprint density at radius 2 is 1.79 bits per heavy atom. The van der Waals surface area contributed by atoms with Gasteiger partial charge in [0.1, 0.15) is 5.75 Å². The van der Waals surface area contributed by atoms with E-state index < -0.39 is 23.2 Å². The Labute approximate surface area is 230 Å². The number of alkyl halides is 3. The van der Waals surface area contributed by atoms with Gasteiger partial charge >= 0.3 is 6.18 Å². The van der Waals surface area contributed by atoms with E-state index in [0.29, 0.717) is 16.5 Å². The molecule has 1 unspecified atom stereocenters. The molecular formula is C28H33ClF3N3O4. The number of ether oxygens (including phenoxy) is 1. The van der Waals surface area contributed by atoms with Gasteiger partial charge < -0.3 is 25.0 Å². The minimum absolute atomic E-state index is 0.0824. The van der Waals surface area contributed by atoms with Crippen molar-refractivity contribution >= 4 is 29.1 Å². The van der Waals surface area contributed by atoms with Crippen LogP contribution in [0.25, 0.3) is 0 Å². The number of hydrogen-bond acceptors (Lipinski definition) is 5. The molecule has 11 heteroatoms. The summed E-state index contributed by atoms with van der Waals surface area (Å²) in [5.41, 5.74) is -2.83. The fourth-order valence-electron chi connectivity index (χ4n) is 5.42. The zero-order valence-corrected chi connectivity index (χ0v) is 22.7. The van der Waals surface area contributed by atoms with Gasteiger partial charge in [0.05, 0.1) is 17.2 Å². The van der Waals surface area contributed by atoms with Crippen molar-refractivity contribution in [2.75, 3.05) is 44.7 Å². The second-order valence-electron chi connectivity index (χ2n) is 10.2. The molecule has 2 N–H and O–H groups in total. The smallest absolute Gasteiger partial charge is 0.430 e. The van der Waals surface area contributed by atoms with Gasteiger partial charge in [-0.05, 0) is 68.4 Å². The monoisotopic (exact) mass is 567 g/mol. The summed E-state index contributed by atoms with van der Waals surface area (Å²) < 4.78 is 47.4. The number of hydrogen-bond donors (Lipinski definition) is 2. The van der Waals surface area contributed by atoms with E-state index in [1.54, 1.807) is 26.1 Å². The molecule has 2 heterocycles. The maximum Gasteiger partial charge on any atom is 0.430 e. The van der Waals surface area contributed by atoms with E-state index in [0.717, 1.165) is 55.1 Å². The van der Waals surface area contributed by atoms with Gasteiger partial charge in [0.2, 0.25) is 0 Å². The second kappa shape index (κ2) is 11.6. The van der Waals surface area contributed by atoms with Crippen molar-refractivity contribution in [3.63, 3.8) is 0 Å². The number of nitrogens with zero attached hydrogens (tertiary/aromatic N) is 2. The molecule has 0 aromatic heterocycles. The number of nitrogens with one attached hydrogen (secondary N) is 1. The molecule has 7 nitrogen and oxygen atoms in total. The number of anilines is 1. The molecule has 2 aliphatic heterocycles. The van der Waals surface area contributed by atoms with Crippen LogP contribution in [0.5, 0.6) is 5.75 Å². The standard InChI is InChI=1S/C28H33ClF3N3O4/c1-3-39-22-6-4-5-20(14-22)27(38,28(30,31)32)26(37)35-16-19(17-35)13-18-9-11-34(12-10-18)21-7-8-23(24(29)15-21)25(36)33-2/h4-8,14-15,18-19,38H,3,9-13,16-17H2,1-2H3,(H,33,36). The second-order valence-corrected chi connectivity index (χ2v) is 10.6. The van der Waals surface area contributed by atoms with Gasteiger partial charge in [-0.15, -0.1) is 0 Å². The lowest BCUT2D eigenvalue weighted by molar-refractivity contribution is -0.264. The van der Waals surface area contributed by atoms with Crippen LogP contribution in [0.2, 0.25) is 5.02 Å². The van der Waals surface area contributed by atoms with Crippen LogP contribution in [0, 0.1) is 11.8 Å². The van der Waals surface area contributed by atoms with Crippen molar-refractivity contribution in [1.82, 2.24) is 10.2 Å². The van der Waals surface area contributed by atoms with Crippen LogP contribution in [-0.4, -0.2) is 67.8 Å². The molecular weight excluding hydrogens is 535 g/mol. The highest BCUT2D eigenvalue weighted by Crippen LogP contribution is 2.43. The van der Waals surface area contributed by atoms with Crippen molar-refractivity contribution in [3.8, 4) is 5.75 Å². The summed E-state index contributed by atoms with van der Waals surface area (Å²) in [4.78, 5) is 28.2. The molecule has 2 saturated heterocycles. The van der Waals surface area contributed by atoms with Gasteiger partial charge in [-0.2, -0.15) is 13.2 Å². The van der Waals surface area contributed by atoms with E-state index in [1.807, 2.05) is 6.07 Å². The van der Waals surface area contributed by atoms with Crippen molar-refractivity contribution in [3.05, 3.63) is 58.6 Å². The number of benzene rings is 2. The molecule has 2 aliphatic rings. The number of halogens is 4. The molecule has 0 saturated carbocycles. The molecule has 0 spiro atoms. The van der Waals surface area contributed by atoms with Crippen molar-refractivity contribution in [2.24, 2.45) is 11.8 Å². The van der Waals surface area contributed by atoms with E-state index in [-0.39, 0.29) is 37.3 Å². The topological polar surface area (TPSA) is 82.1 Å². The quantitative estimate of drug-likeness (QED) is 0.487. The summed E-state index contributed by atoms with van der Waals surface area (Å²) in [7, 11) is 1.55. The molecule has 2 amide bonds. The number of aliphatic hydroxyl groups is 1. The highest BCUT2D eigenvalue weighted by molar-refractivity contribution is 6.34. The average Bonchev–Trinajstić information content (AvgIpc) is 2.89. The van der Waals surface area contributed by atoms with E-state index in [4.69, 9.17) is 16.3 Å². The molecule has 0 aliphatic carbocycles. The lowest BCUT2D eigenvalue weighted by Gasteiger charge is -2.45. The fourth-order valence-corrected chi connectivity index (χ4v) is 5.68. The van der Waals surface area contributed by atoms with Gasteiger partial charge in [0.15, 0.2) is 0 Å². The Hall–Kier alpha value is -2.98. The first kappa shape index (κ1) is 29.0. The Morgan fingerprint density at radius 1 is 1.10 bits per heavy atom. The first-order chi connectivity index (χ1) is 18.5. The predicted molar refractivity (Wildman–Crippen MR) is 142 cm³/mol. The fraction of sp³-hybridized carbons (Fsp3) is 0.500. The molecule has 2 aromatic carbocycles. The van der Waals surface area contributed by atoms with Gasteiger partial charge in [-0.1, -0.05) is 23.7 Å². The van der Waals surface area contributed by atoms with Crippen LogP contribution in [-0.2, 0) is 10.4 Å². The zero-order chi connectivity index (χ0) is 28.4. The lowest BCUT2D eigenvalue weighted by Crippen LogP contribution is -2.61. The van der Waals surface area contributed by atoms with Crippen LogP contribution in [0.1, 0.15) is 42.1 Å². The van der Waals surface area contributed by atoms with Crippen LogP contribution in [0.15, 0.2) is 42.5 Å². The third-order valence-corrected chi connectivity index (χ3v) is 7.91. The number of amides is 2. The molecule has 2 aromatic rings. The lowest BCUT2D eigenvalue weighted by atomic mass is 9.82. The number of carbonyl (C=O) groups excluding carboxylic acids is 2. The van der Waals surface area contributed by atoms with E-state index in [9.17, 15) is 27.9 Å². The molecule has 2 fully saturated rings. The van der Waals surface area contributed by atoms with Crippen molar-refractivity contribution < 1.29 is 32.6 Å². The maximum atomic E-state index is 14.1. The highest BCUT2D eigenvalue weighted by atomic mass is 35.5. The van der Waals surface area contributed by atoms with Crippen molar-refractivity contribution in [1.29, 1.82) is 0 Å². The summed E-state index contributed by atoms with van der Waals surface area (Å²) in [6.45, 7) is 3.88. The average molecular weight is 568 g/mol. The van der Waals surface area contributed by atoms with Gasteiger partial charge in [0, 0.05) is 44.5 Å². The third-order valence-electron chi connectivity index (χ3n) is 7.60. The van der Waals surface area contributed by atoms with Gasteiger partial charge in [-0.3, -0.25) is 9.59 Å².